The summed E-state index contributed by atoms with van der Waals surface area (Å²) in [7, 11) is 3.72. The molecule has 134 valence electrons. The van der Waals surface area contributed by atoms with Crippen LogP contribution in [-0.4, -0.2) is 37.5 Å². The first-order valence-electron chi connectivity index (χ1n) is 8.78. The first kappa shape index (κ1) is 15.6. The van der Waals surface area contributed by atoms with Crippen LogP contribution < -0.4 is 14.2 Å². The summed E-state index contributed by atoms with van der Waals surface area (Å²) in [4.78, 5) is 2.36. The normalized spacial score (nSPS) is 23.2. The lowest BCUT2D eigenvalue weighted by atomic mass is 9.76. The van der Waals surface area contributed by atoms with Crippen molar-refractivity contribution >= 4 is 5.57 Å². The number of phenols is 1. The van der Waals surface area contributed by atoms with Crippen LogP contribution in [0.25, 0.3) is 5.57 Å². The third kappa shape index (κ3) is 1.84. The van der Waals surface area contributed by atoms with Gasteiger partial charge in [0.2, 0.25) is 6.79 Å². The van der Waals surface area contributed by atoms with E-state index in [4.69, 9.17) is 14.2 Å². The number of methoxy groups -OCH3 is 1. The number of hydrogen-bond donors (Lipinski definition) is 1. The maximum Gasteiger partial charge on any atom is 0.231 e. The van der Waals surface area contributed by atoms with Crippen LogP contribution in [0.3, 0.4) is 0 Å². The molecule has 0 fully saturated rings. The number of benzene rings is 2. The van der Waals surface area contributed by atoms with Crippen molar-refractivity contribution in [1.82, 2.24) is 4.90 Å². The highest BCUT2D eigenvalue weighted by molar-refractivity contribution is 5.83. The molecule has 0 bridgehead atoms. The molecule has 1 spiro atoms. The Morgan fingerprint density at radius 1 is 1.15 bits per heavy atom. The molecule has 2 aromatic carbocycles. The molecule has 0 unspecified atom stereocenters. The van der Waals surface area contributed by atoms with Gasteiger partial charge < -0.3 is 19.3 Å². The fourth-order valence-electron chi connectivity index (χ4n) is 4.69. The highest BCUT2D eigenvalue weighted by Crippen LogP contribution is 2.55. The Morgan fingerprint density at radius 3 is 2.69 bits per heavy atom. The van der Waals surface area contributed by atoms with Gasteiger partial charge in [-0.2, -0.15) is 0 Å². The van der Waals surface area contributed by atoms with Gasteiger partial charge in [0.05, 0.1) is 12.6 Å². The van der Waals surface area contributed by atoms with Gasteiger partial charge in [0.15, 0.2) is 23.0 Å². The summed E-state index contributed by atoms with van der Waals surface area (Å²) in [6.45, 7) is 5.66. The van der Waals surface area contributed by atoms with Gasteiger partial charge in [0, 0.05) is 6.54 Å². The Kier molecular flexibility index (Phi) is 3.10. The largest absolute Gasteiger partial charge is 0.504 e. The van der Waals surface area contributed by atoms with Gasteiger partial charge in [0.25, 0.3) is 0 Å². The average Bonchev–Trinajstić information content (AvgIpc) is 3.20. The molecule has 1 aliphatic carbocycles. The van der Waals surface area contributed by atoms with Crippen LogP contribution in [0.15, 0.2) is 30.8 Å². The van der Waals surface area contributed by atoms with Gasteiger partial charge in [0.1, 0.15) is 0 Å². The number of hydrogen-bond acceptors (Lipinski definition) is 5. The van der Waals surface area contributed by atoms with E-state index < -0.39 is 0 Å². The summed E-state index contributed by atoms with van der Waals surface area (Å²) in [5.41, 5.74) is 5.36. The minimum absolute atomic E-state index is 0.188. The number of phenolic OH excluding ortho intramolecular Hbond substituents is 1. The molecule has 0 saturated carbocycles. The molecule has 0 saturated heterocycles. The zero-order valence-electron chi connectivity index (χ0n) is 15.0. The molecule has 0 aromatic heterocycles. The highest BCUT2D eigenvalue weighted by Gasteiger charge is 2.49. The van der Waals surface area contributed by atoms with E-state index in [1.165, 1.54) is 5.56 Å². The molecule has 0 amide bonds. The van der Waals surface area contributed by atoms with E-state index in [-0.39, 0.29) is 18.1 Å². The van der Waals surface area contributed by atoms with E-state index in [1.54, 1.807) is 7.11 Å². The number of ether oxygens (including phenoxy) is 3. The SMILES string of the molecule is C=C1c2cc3c(cc2C[C@@]12c1cc(OC)c(O)cc1CCN2C)OCO3. The average molecular weight is 351 g/mol. The van der Waals surface area contributed by atoms with Crippen molar-refractivity contribution in [1.29, 1.82) is 0 Å². The lowest BCUT2D eigenvalue weighted by molar-refractivity contribution is 0.167. The van der Waals surface area contributed by atoms with Crippen molar-refractivity contribution in [3.8, 4) is 23.0 Å². The monoisotopic (exact) mass is 351 g/mol. The Balaban J connectivity index is 1.71. The van der Waals surface area contributed by atoms with E-state index >= 15 is 0 Å². The van der Waals surface area contributed by atoms with Crippen LogP contribution in [0.2, 0.25) is 0 Å². The van der Waals surface area contributed by atoms with E-state index in [0.717, 1.165) is 53.1 Å². The van der Waals surface area contributed by atoms with Gasteiger partial charge in [-0.3, -0.25) is 4.90 Å². The van der Waals surface area contributed by atoms with Gasteiger partial charge in [-0.25, -0.2) is 0 Å². The minimum Gasteiger partial charge on any atom is -0.504 e. The lowest BCUT2D eigenvalue weighted by Crippen LogP contribution is -2.48. The van der Waals surface area contributed by atoms with Crippen molar-refractivity contribution < 1.29 is 19.3 Å². The van der Waals surface area contributed by atoms with Crippen LogP contribution in [0.5, 0.6) is 23.0 Å². The standard InChI is InChI=1S/C21H21NO4/c1-12-15-8-20-19(25-11-26-20)7-14(15)10-21(12)16-9-18(24-3)17(23)6-13(16)4-5-22(21)2/h6-9,23H,1,4-5,10-11H2,2-3H3/t21-/m0/s1. The molecule has 5 rings (SSSR count). The topological polar surface area (TPSA) is 51.2 Å². The Morgan fingerprint density at radius 2 is 1.92 bits per heavy atom. The summed E-state index contributed by atoms with van der Waals surface area (Å²) in [5, 5.41) is 10.2. The molecule has 5 heteroatoms. The fourth-order valence-corrected chi connectivity index (χ4v) is 4.69. The number of rotatable bonds is 1. The predicted octanol–water partition coefficient (Wildman–Crippen LogP) is 3.08. The second kappa shape index (κ2) is 5.17. The minimum atomic E-state index is -0.341. The molecule has 2 aromatic rings. The zero-order chi connectivity index (χ0) is 18.1. The Bertz CT molecular complexity index is 952. The summed E-state index contributed by atoms with van der Waals surface area (Å²) in [6.07, 6.45) is 1.70. The predicted molar refractivity (Wildman–Crippen MR) is 98.0 cm³/mol. The molecule has 3 aliphatic rings. The Labute approximate surface area is 152 Å². The third-order valence-corrected chi connectivity index (χ3v) is 6.09. The van der Waals surface area contributed by atoms with Crippen LogP contribution >= 0.6 is 0 Å². The molecular weight excluding hydrogens is 330 g/mol. The van der Waals surface area contributed by atoms with E-state index in [1.807, 2.05) is 12.1 Å². The summed E-state index contributed by atoms with van der Waals surface area (Å²) < 4.78 is 16.5. The quantitative estimate of drug-likeness (QED) is 0.856. The molecule has 2 aliphatic heterocycles. The van der Waals surface area contributed by atoms with Gasteiger partial charge in [-0.15, -0.1) is 0 Å². The molecule has 5 nitrogen and oxygen atoms in total. The highest BCUT2D eigenvalue weighted by atomic mass is 16.7. The number of fused-ring (bicyclic) bond motifs is 4. The molecule has 26 heavy (non-hydrogen) atoms. The fraction of sp³-hybridized carbons (Fsp3) is 0.333. The second-order valence-corrected chi connectivity index (χ2v) is 7.23. The Hall–Kier alpha value is -2.66. The van der Waals surface area contributed by atoms with E-state index in [0.29, 0.717) is 5.75 Å². The molecule has 2 heterocycles. The maximum absolute atomic E-state index is 10.2. The van der Waals surface area contributed by atoms with Crippen LogP contribution in [0.1, 0.15) is 22.3 Å². The molecular formula is C21H21NO4. The lowest BCUT2D eigenvalue weighted by Gasteiger charge is -2.45. The number of likely N-dealkylation sites (N-methyl/N-ethyl adjacent to an activating group) is 1. The first-order chi connectivity index (χ1) is 12.5. The van der Waals surface area contributed by atoms with Gasteiger partial charge in [-0.1, -0.05) is 6.58 Å². The smallest absolute Gasteiger partial charge is 0.231 e. The number of nitrogens with zero attached hydrogens (tertiary/aromatic N) is 1. The zero-order valence-corrected chi connectivity index (χ0v) is 15.0. The van der Waals surface area contributed by atoms with Crippen molar-refractivity contribution in [2.75, 3.05) is 27.5 Å². The van der Waals surface area contributed by atoms with Crippen molar-refractivity contribution in [2.24, 2.45) is 0 Å². The van der Waals surface area contributed by atoms with E-state index in [2.05, 4.69) is 30.7 Å². The van der Waals surface area contributed by atoms with Crippen molar-refractivity contribution in [3.05, 3.63) is 53.1 Å². The molecule has 0 radical (unpaired) electrons. The van der Waals surface area contributed by atoms with E-state index in [9.17, 15) is 5.11 Å². The van der Waals surface area contributed by atoms with Crippen LogP contribution in [-0.2, 0) is 18.4 Å². The van der Waals surface area contributed by atoms with Crippen LogP contribution in [0.4, 0.5) is 0 Å². The van der Waals surface area contributed by atoms with Crippen molar-refractivity contribution in [2.45, 2.75) is 18.4 Å². The van der Waals surface area contributed by atoms with Crippen molar-refractivity contribution in [3.63, 3.8) is 0 Å². The summed E-state index contributed by atoms with van der Waals surface area (Å²) in [6, 6.07) is 7.94. The second-order valence-electron chi connectivity index (χ2n) is 7.23. The number of aromatic hydroxyl groups is 1. The first-order valence-corrected chi connectivity index (χ1v) is 8.78. The molecule has 1 atom stereocenters. The summed E-state index contributed by atoms with van der Waals surface area (Å²) >= 11 is 0. The molecule has 1 N–H and O–H groups in total. The van der Waals surface area contributed by atoms with Crippen LogP contribution in [0, 0.1) is 0 Å². The maximum atomic E-state index is 10.2. The van der Waals surface area contributed by atoms with Gasteiger partial charge >= 0.3 is 0 Å². The third-order valence-electron chi connectivity index (χ3n) is 6.09. The van der Waals surface area contributed by atoms with Gasteiger partial charge in [-0.05, 0) is 72.0 Å². The summed E-state index contributed by atoms with van der Waals surface area (Å²) in [5.74, 6) is 2.27.